The second kappa shape index (κ2) is 11.4. The van der Waals surface area contributed by atoms with E-state index < -0.39 is 35.7 Å². The average Bonchev–Trinajstić information content (AvgIpc) is 2.58. The summed E-state index contributed by atoms with van der Waals surface area (Å²) in [5.41, 5.74) is 0. The summed E-state index contributed by atoms with van der Waals surface area (Å²) in [6, 6.07) is 0. The number of ether oxygens (including phenoxy) is 4. The highest BCUT2D eigenvalue weighted by atomic mass is 16.5. The number of methoxy groups -OCH3 is 4. The number of carbonyl (C=O) groups is 4. The fraction of sp³-hybridized carbons (Fsp3) is 0.733. The lowest BCUT2D eigenvalue weighted by Crippen LogP contribution is -2.27. The molecular formula is C15H24O8. The Bertz CT molecular complexity index is 348. The maximum atomic E-state index is 11.5. The van der Waals surface area contributed by atoms with Crippen LogP contribution in [0.2, 0.25) is 0 Å². The summed E-state index contributed by atoms with van der Waals surface area (Å²) in [5.74, 6) is -4.47. The van der Waals surface area contributed by atoms with E-state index in [0.29, 0.717) is 19.3 Å². The van der Waals surface area contributed by atoms with E-state index in [4.69, 9.17) is 0 Å². The highest BCUT2D eigenvalue weighted by molar-refractivity contribution is 5.95. The van der Waals surface area contributed by atoms with Crippen molar-refractivity contribution in [1.82, 2.24) is 0 Å². The molecule has 0 amide bonds. The summed E-state index contributed by atoms with van der Waals surface area (Å²) in [5, 5.41) is 0. The quantitative estimate of drug-likeness (QED) is 0.251. The molecule has 0 atom stereocenters. The molecule has 0 aromatic heterocycles. The van der Waals surface area contributed by atoms with Gasteiger partial charge in [-0.1, -0.05) is 19.3 Å². The van der Waals surface area contributed by atoms with Gasteiger partial charge >= 0.3 is 23.9 Å². The van der Waals surface area contributed by atoms with Gasteiger partial charge in [-0.25, -0.2) is 0 Å². The van der Waals surface area contributed by atoms with Crippen molar-refractivity contribution in [2.75, 3.05) is 28.4 Å². The van der Waals surface area contributed by atoms with Gasteiger partial charge in [0, 0.05) is 0 Å². The van der Waals surface area contributed by atoms with E-state index in [2.05, 4.69) is 18.9 Å². The zero-order valence-electron chi connectivity index (χ0n) is 14.0. The van der Waals surface area contributed by atoms with E-state index in [9.17, 15) is 19.2 Å². The first-order valence-corrected chi connectivity index (χ1v) is 7.24. The summed E-state index contributed by atoms with van der Waals surface area (Å²) in [7, 11) is 4.82. The van der Waals surface area contributed by atoms with Crippen LogP contribution >= 0.6 is 0 Å². The minimum Gasteiger partial charge on any atom is -0.468 e. The third kappa shape index (κ3) is 7.12. The smallest absolute Gasteiger partial charge is 0.320 e. The number of rotatable bonds is 10. The Hall–Kier alpha value is -2.12. The molecule has 0 saturated carbocycles. The zero-order chi connectivity index (χ0) is 17.8. The van der Waals surface area contributed by atoms with Crippen molar-refractivity contribution in [1.29, 1.82) is 0 Å². The van der Waals surface area contributed by atoms with Gasteiger partial charge in [0.15, 0.2) is 11.8 Å². The van der Waals surface area contributed by atoms with Gasteiger partial charge in [0.05, 0.1) is 28.4 Å². The minimum absolute atomic E-state index is 0.278. The molecule has 0 unspecified atom stereocenters. The summed E-state index contributed by atoms with van der Waals surface area (Å²) < 4.78 is 18.2. The van der Waals surface area contributed by atoms with E-state index in [1.165, 1.54) is 28.4 Å². The number of unbranched alkanes of at least 4 members (excludes halogenated alkanes) is 2. The fourth-order valence-electron chi connectivity index (χ4n) is 2.11. The van der Waals surface area contributed by atoms with Crippen molar-refractivity contribution in [2.45, 2.75) is 32.1 Å². The van der Waals surface area contributed by atoms with Crippen LogP contribution in [0.15, 0.2) is 0 Å². The zero-order valence-corrected chi connectivity index (χ0v) is 14.0. The maximum absolute atomic E-state index is 11.5. The molecule has 8 nitrogen and oxygen atoms in total. The van der Waals surface area contributed by atoms with Gasteiger partial charge in [-0.3, -0.25) is 19.2 Å². The van der Waals surface area contributed by atoms with Crippen molar-refractivity contribution in [2.24, 2.45) is 11.8 Å². The van der Waals surface area contributed by atoms with Crippen LogP contribution in [0.4, 0.5) is 0 Å². The van der Waals surface area contributed by atoms with Crippen molar-refractivity contribution < 1.29 is 38.1 Å². The first kappa shape index (κ1) is 20.9. The van der Waals surface area contributed by atoms with Crippen LogP contribution in [-0.4, -0.2) is 52.3 Å². The second-order valence-electron chi connectivity index (χ2n) is 4.84. The predicted molar refractivity (Wildman–Crippen MR) is 78.1 cm³/mol. The highest BCUT2D eigenvalue weighted by Crippen LogP contribution is 2.17. The van der Waals surface area contributed by atoms with E-state index in [0.717, 1.165) is 0 Å². The molecule has 0 aliphatic rings. The van der Waals surface area contributed by atoms with E-state index in [1.54, 1.807) is 0 Å². The minimum atomic E-state index is -0.956. The molecule has 0 saturated heterocycles. The predicted octanol–water partition coefficient (Wildman–Crippen LogP) is 0.861. The van der Waals surface area contributed by atoms with Crippen molar-refractivity contribution in [3.05, 3.63) is 0 Å². The molecule has 132 valence electrons. The van der Waals surface area contributed by atoms with Gasteiger partial charge in [-0.15, -0.1) is 0 Å². The molecule has 0 aromatic carbocycles. The Labute approximate surface area is 135 Å². The standard InChI is InChI=1S/C15H24O8/c1-20-12(16)10(13(17)21-2)8-6-5-7-9-11(14(18)22-3)15(19)23-4/h10-11H,5-9H2,1-4H3. The Morgan fingerprint density at radius 1 is 0.565 bits per heavy atom. The molecule has 8 heteroatoms. The van der Waals surface area contributed by atoms with Gasteiger partial charge in [0.2, 0.25) is 0 Å². The van der Waals surface area contributed by atoms with Crippen LogP contribution in [0.3, 0.4) is 0 Å². The normalized spacial score (nSPS) is 10.3. The lowest BCUT2D eigenvalue weighted by atomic mass is 9.97. The molecule has 0 aromatic rings. The molecule has 0 heterocycles. The largest absolute Gasteiger partial charge is 0.468 e. The number of hydrogen-bond donors (Lipinski definition) is 0. The van der Waals surface area contributed by atoms with E-state index >= 15 is 0 Å². The van der Waals surface area contributed by atoms with Gasteiger partial charge in [0.25, 0.3) is 0 Å². The van der Waals surface area contributed by atoms with Gasteiger partial charge in [0.1, 0.15) is 0 Å². The van der Waals surface area contributed by atoms with E-state index in [-0.39, 0.29) is 12.8 Å². The monoisotopic (exact) mass is 332 g/mol. The Morgan fingerprint density at radius 3 is 1.04 bits per heavy atom. The summed E-state index contributed by atoms with van der Waals surface area (Å²) in [6.07, 6.45) is 2.27. The van der Waals surface area contributed by atoms with Crippen molar-refractivity contribution >= 4 is 23.9 Å². The molecule has 0 aliphatic carbocycles. The first-order valence-electron chi connectivity index (χ1n) is 7.24. The average molecular weight is 332 g/mol. The topological polar surface area (TPSA) is 105 Å². The third-order valence-corrected chi connectivity index (χ3v) is 3.43. The Morgan fingerprint density at radius 2 is 0.826 bits per heavy atom. The molecule has 23 heavy (non-hydrogen) atoms. The molecule has 0 radical (unpaired) electrons. The summed E-state index contributed by atoms with van der Waals surface area (Å²) in [4.78, 5) is 46.0. The third-order valence-electron chi connectivity index (χ3n) is 3.43. The maximum Gasteiger partial charge on any atom is 0.320 e. The molecule has 0 bridgehead atoms. The Balaban J connectivity index is 4.31. The lowest BCUT2D eigenvalue weighted by Gasteiger charge is -2.13. The fourth-order valence-corrected chi connectivity index (χ4v) is 2.11. The van der Waals surface area contributed by atoms with Crippen LogP contribution < -0.4 is 0 Å². The Kier molecular flexibility index (Phi) is 10.4. The number of carbonyl (C=O) groups excluding carboxylic acids is 4. The van der Waals surface area contributed by atoms with E-state index in [1.807, 2.05) is 0 Å². The summed E-state index contributed by atoms with van der Waals surface area (Å²) >= 11 is 0. The molecule has 0 aliphatic heterocycles. The lowest BCUT2D eigenvalue weighted by molar-refractivity contribution is -0.160. The molecule has 0 fully saturated rings. The SMILES string of the molecule is COC(=O)C(CCCCCC(C(=O)OC)C(=O)OC)C(=O)OC. The highest BCUT2D eigenvalue weighted by Gasteiger charge is 2.29. The van der Waals surface area contributed by atoms with Crippen molar-refractivity contribution in [3.63, 3.8) is 0 Å². The molecule has 0 spiro atoms. The number of esters is 4. The number of hydrogen-bond acceptors (Lipinski definition) is 8. The molecular weight excluding hydrogens is 308 g/mol. The van der Waals surface area contributed by atoms with Crippen LogP contribution in [0, 0.1) is 11.8 Å². The van der Waals surface area contributed by atoms with Crippen LogP contribution in [0.5, 0.6) is 0 Å². The van der Waals surface area contributed by atoms with Gasteiger partial charge in [-0.05, 0) is 12.8 Å². The second-order valence-corrected chi connectivity index (χ2v) is 4.84. The van der Waals surface area contributed by atoms with Crippen molar-refractivity contribution in [3.8, 4) is 0 Å². The first-order chi connectivity index (χ1) is 10.9. The summed E-state index contributed by atoms with van der Waals surface area (Å²) in [6.45, 7) is 0. The van der Waals surface area contributed by atoms with Crippen LogP contribution in [0.25, 0.3) is 0 Å². The van der Waals surface area contributed by atoms with Gasteiger partial charge < -0.3 is 18.9 Å². The molecule has 0 rings (SSSR count). The van der Waals surface area contributed by atoms with Crippen LogP contribution in [0.1, 0.15) is 32.1 Å². The molecule has 0 N–H and O–H groups in total. The van der Waals surface area contributed by atoms with Crippen LogP contribution in [-0.2, 0) is 38.1 Å². The van der Waals surface area contributed by atoms with Gasteiger partial charge in [-0.2, -0.15) is 0 Å².